The maximum Gasteiger partial charge on any atom is 0.331 e. The number of nitrogens with zero attached hydrogens (tertiary/aromatic N) is 4. The molecule has 2 aliphatic heterocycles. The molecule has 7 heteroatoms. The van der Waals surface area contributed by atoms with Gasteiger partial charge in [-0.05, 0) is 38.3 Å². The third-order valence-corrected chi connectivity index (χ3v) is 8.80. The number of hydrogen-bond donors (Lipinski definition) is 0. The van der Waals surface area contributed by atoms with Crippen LogP contribution in [-0.4, -0.2) is 56.1 Å². The number of likely N-dealkylation sites (N-methyl/N-ethyl adjacent to an activating group) is 1. The van der Waals surface area contributed by atoms with Crippen molar-refractivity contribution in [3.05, 3.63) is 68.5 Å². The Balaban J connectivity index is 1.61. The minimum Gasteiger partial charge on any atom is -0.329 e. The Labute approximate surface area is 194 Å². The van der Waals surface area contributed by atoms with E-state index in [1.807, 2.05) is 6.07 Å². The van der Waals surface area contributed by atoms with Crippen LogP contribution in [-0.2, 0) is 20.5 Å². The summed E-state index contributed by atoms with van der Waals surface area (Å²) in [5, 5.41) is 0. The van der Waals surface area contributed by atoms with Crippen molar-refractivity contribution in [3.8, 4) is 0 Å². The maximum atomic E-state index is 14.1. The highest BCUT2D eigenvalue weighted by Gasteiger charge is 2.62. The number of amides is 1. The van der Waals surface area contributed by atoms with Gasteiger partial charge in [-0.2, -0.15) is 0 Å². The molecular weight excluding hydrogens is 416 g/mol. The van der Waals surface area contributed by atoms with Gasteiger partial charge in [-0.3, -0.25) is 23.6 Å². The van der Waals surface area contributed by atoms with Crippen LogP contribution in [0.25, 0.3) is 0 Å². The minimum atomic E-state index is -0.462. The summed E-state index contributed by atoms with van der Waals surface area (Å²) >= 11 is 0. The first kappa shape index (κ1) is 22.1. The van der Waals surface area contributed by atoms with Crippen LogP contribution in [0.3, 0.4) is 0 Å². The Kier molecular flexibility index (Phi) is 5.35. The highest BCUT2D eigenvalue weighted by molar-refractivity contribution is 5.93. The monoisotopic (exact) mass is 450 g/mol. The average Bonchev–Trinajstić information content (AvgIpc) is 2.95. The number of aromatic nitrogens is 2. The normalized spacial score (nSPS) is 31.5. The SMILES string of the molecule is CN1[C@H](Cc2ccccc2)[C@@H]2C[C@@]3(C)[C@H](CCCC[C@@H]13)N2C(=O)c1cc(=O)n(C)c(=O)n1C. The van der Waals surface area contributed by atoms with Crippen molar-refractivity contribution in [2.45, 2.75) is 69.6 Å². The van der Waals surface area contributed by atoms with Crippen molar-refractivity contribution in [2.24, 2.45) is 19.5 Å². The van der Waals surface area contributed by atoms with Crippen LogP contribution in [0, 0.1) is 5.41 Å². The van der Waals surface area contributed by atoms with E-state index in [-0.39, 0.29) is 35.1 Å². The fourth-order valence-electron chi connectivity index (χ4n) is 7.06. The lowest BCUT2D eigenvalue weighted by molar-refractivity contribution is 0.0155. The van der Waals surface area contributed by atoms with Crippen LogP contribution in [0.2, 0.25) is 0 Å². The van der Waals surface area contributed by atoms with Crippen LogP contribution in [0.1, 0.15) is 55.1 Å². The third kappa shape index (κ3) is 3.31. The molecule has 0 radical (unpaired) electrons. The zero-order chi connectivity index (χ0) is 23.5. The molecule has 1 saturated carbocycles. The fraction of sp³-hybridized carbons (Fsp3) is 0.577. The Morgan fingerprint density at radius 1 is 1.00 bits per heavy atom. The van der Waals surface area contributed by atoms with Crippen molar-refractivity contribution in [1.29, 1.82) is 0 Å². The average molecular weight is 451 g/mol. The predicted molar refractivity (Wildman–Crippen MR) is 127 cm³/mol. The summed E-state index contributed by atoms with van der Waals surface area (Å²) in [5.74, 6) is -0.181. The van der Waals surface area contributed by atoms with Gasteiger partial charge in [-0.25, -0.2) is 4.79 Å². The van der Waals surface area contributed by atoms with E-state index in [9.17, 15) is 14.4 Å². The molecule has 3 heterocycles. The first-order valence-corrected chi connectivity index (χ1v) is 12.1. The van der Waals surface area contributed by atoms with Crippen molar-refractivity contribution in [2.75, 3.05) is 7.05 Å². The Bertz CT molecular complexity index is 1190. The van der Waals surface area contributed by atoms with Crippen LogP contribution < -0.4 is 11.2 Å². The third-order valence-electron chi connectivity index (χ3n) is 8.80. The second kappa shape index (κ2) is 7.97. The number of carbonyl (C=O) groups is 1. The zero-order valence-electron chi connectivity index (χ0n) is 20.0. The number of piperidine rings is 1. The molecule has 1 amide bonds. The van der Waals surface area contributed by atoms with Gasteiger partial charge in [-0.15, -0.1) is 0 Å². The Morgan fingerprint density at radius 2 is 1.67 bits per heavy atom. The molecule has 5 atom stereocenters. The molecule has 176 valence electrons. The van der Waals surface area contributed by atoms with Crippen molar-refractivity contribution >= 4 is 5.91 Å². The molecule has 1 aromatic carbocycles. The van der Waals surface area contributed by atoms with Gasteiger partial charge in [0, 0.05) is 49.7 Å². The quantitative estimate of drug-likeness (QED) is 0.719. The highest BCUT2D eigenvalue weighted by atomic mass is 16.2. The highest BCUT2D eigenvalue weighted by Crippen LogP contribution is 2.55. The molecule has 1 aliphatic carbocycles. The molecule has 0 unspecified atom stereocenters. The number of rotatable bonds is 3. The standard InChI is InChI=1S/C26H34N4O3/c1-26-16-20-18(14-17-10-6-5-7-11-17)27(2)21(26)12-8-9-13-22(26)30(20)24(32)19-15-23(31)29(4)25(33)28(19)3/h5-7,10-11,15,18,20-22H,8-9,12-14,16H2,1-4H3/t18-,20+,21-,22+,26-/m1/s1. The molecular formula is C26H34N4O3. The molecule has 3 fully saturated rings. The second-order valence-electron chi connectivity index (χ2n) is 10.5. The van der Waals surface area contributed by atoms with E-state index in [0.29, 0.717) is 6.04 Å². The molecule has 2 bridgehead atoms. The maximum absolute atomic E-state index is 14.1. The lowest BCUT2D eigenvalue weighted by Gasteiger charge is -2.49. The first-order valence-electron chi connectivity index (χ1n) is 12.1. The summed E-state index contributed by atoms with van der Waals surface area (Å²) in [6.07, 6.45) is 6.22. The molecule has 0 N–H and O–H groups in total. The van der Waals surface area contributed by atoms with E-state index in [0.717, 1.165) is 43.1 Å². The van der Waals surface area contributed by atoms with Crippen LogP contribution in [0.5, 0.6) is 0 Å². The molecule has 3 aliphatic rings. The topological polar surface area (TPSA) is 67.6 Å². The first-order chi connectivity index (χ1) is 15.7. The summed E-state index contributed by atoms with van der Waals surface area (Å²) in [5.41, 5.74) is 0.575. The number of hydrogen-bond acceptors (Lipinski definition) is 4. The van der Waals surface area contributed by atoms with Crippen LogP contribution in [0.4, 0.5) is 0 Å². The van der Waals surface area contributed by atoms with Crippen molar-refractivity contribution in [1.82, 2.24) is 18.9 Å². The van der Waals surface area contributed by atoms with Crippen LogP contribution in [0.15, 0.2) is 46.0 Å². The smallest absolute Gasteiger partial charge is 0.329 e. The molecule has 1 aromatic heterocycles. The van der Waals surface area contributed by atoms with Gasteiger partial charge in [0.05, 0.1) is 0 Å². The summed E-state index contributed by atoms with van der Waals surface area (Å²) in [7, 11) is 5.26. The van der Waals surface area contributed by atoms with Gasteiger partial charge in [-0.1, -0.05) is 50.1 Å². The van der Waals surface area contributed by atoms with E-state index in [4.69, 9.17) is 0 Å². The number of fused-ring (bicyclic) bond motifs is 1. The summed E-state index contributed by atoms with van der Waals surface area (Å²) in [6.45, 7) is 2.35. The molecule has 2 saturated heterocycles. The van der Waals surface area contributed by atoms with Crippen molar-refractivity contribution in [3.63, 3.8) is 0 Å². The number of carbonyl (C=O) groups excluding carboxylic acids is 1. The fourth-order valence-corrected chi connectivity index (χ4v) is 7.06. The number of benzene rings is 1. The van der Waals surface area contributed by atoms with Gasteiger partial charge in [0.2, 0.25) is 0 Å². The molecule has 7 nitrogen and oxygen atoms in total. The minimum absolute atomic E-state index is 0.0113. The van der Waals surface area contributed by atoms with Gasteiger partial charge in [0.15, 0.2) is 0 Å². The predicted octanol–water partition coefficient (Wildman–Crippen LogP) is 2.17. The summed E-state index contributed by atoms with van der Waals surface area (Å²) in [6, 6.07) is 12.6. The largest absolute Gasteiger partial charge is 0.331 e. The van der Waals surface area contributed by atoms with Gasteiger partial charge in [0.25, 0.3) is 11.5 Å². The molecule has 5 rings (SSSR count). The van der Waals surface area contributed by atoms with Gasteiger partial charge < -0.3 is 4.90 Å². The van der Waals surface area contributed by atoms with E-state index in [2.05, 4.69) is 48.0 Å². The molecule has 0 spiro atoms. The van der Waals surface area contributed by atoms with E-state index >= 15 is 0 Å². The lowest BCUT2D eigenvalue weighted by atomic mass is 9.69. The zero-order valence-corrected chi connectivity index (χ0v) is 20.0. The molecule has 33 heavy (non-hydrogen) atoms. The van der Waals surface area contributed by atoms with Gasteiger partial charge >= 0.3 is 5.69 Å². The van der Waals surface area contributed by atoms with Crippen molar-refractivity contribution < 1.29 is 4.79 Å². The molecule has 2 aromatic rings. The number of likely N-dealkylation sites (tertiary alicyclic amines) is 2. The second-order valence-corrected chi connectivity index (χ2v) is 10.5. The van der Waals surface area contributed by atoms with E-state index in [1.54, 1.807) is 7.05 Å². The summed E-state index contributed by atoms with van der Waals surface area (Å²) < 4.78 is 2.38. The Morgan fingerprint density at radius 3 is 2.36 bits per heavy atom. The lowest BCUT2D eigenvalue weighted by Crippen LogP contribution is -2.58. The Hall–Kier alpha value is -2.67. The van der Waals surface area contributed by atoms with E-state index in [1.165, 1.54) is 23.2 Å². The summed E-state index contributed by atoms with van der Waals surface area (Å²) in [4.78, 5) is 43.7. The van der Waals surface area contributed by atoms with Gasteiger partial charge in [0.1, 0.15) is 5.69 Å². The van der Waals surface area contributed by atoms with E-state index < -0.39 is 11.2 Å². The van der Waals surface area contributed by atoms with Crippen LogP contribution >= 0.6 is 0 Å².